The van der Waals surface area contributed by atoms with E-state index in [2.05, 4.69) is 5.32 Å². The van der Waals surface area contributed by atoms with E-state index in [1.165, 1.54) is 0 Å². The molecule has 0 aliphatic rings. The van der Waals surface area contributed by atoms with Gasteiger partial charge in [0.1, 0.15) is 6.04 Å². The second kappa shape index (κ2) is 8.27. The van der Waals surface area contributed by atoms with Crippen LogP contribution < -0.4 is 11.1 Å². The van der Waals surface area contributed by atoms with E-state index >= 15 is 0 Å². The number of carbonyl (C=O) groups excluding carboxylic acids is 2. The van der Waals surface area contributed by atoms with Crippen LogP contribution in [0.1, 0.15) is 39.5 Å². The van der Waals surface area contributed by atoms with Gasteiger partial charge in [0.15, 0.2) is 0 Å². The molecule has 102 valence electrons. The molecule has 0 aliphatic heterocycles. The molecule has 0 spiro atoms. The normalized spacial score (nSPS) is 12.9. The van der Waals surface area contributed by atoms with Gasteiger partial charge in [-0.3, -0.25) is 9.59 Å². The van der Waals surface area contributed by atoms with Crippen molar-refractivity contribution in [1.82, 2.24) is 5.32 Å². The Kier molecular flexibility index (Phi) is 7.42. The number of amides is 2. The second-order valence-electron chi connectivity index (χ2n) is 4.05. The molecule has 0 radical (unpaired) electrons. The van der Waals surface area contributed by atoms with E-state index in [0.717, 1.165) is 12.8 Å². The highest BCUT2D eigenvalue weighted by Gasteiger charge is 2.20. The summed E-state index contributed by atoms with van der Waals surface area (Å²) in [6.45, 7) is 3.60. The Labute approximate surface area is 106 Å². The van der Waals surface area contributed by atoms with Gasteiger partial charge in [0.05, 0.1) is 0 Å². The number of nitrogens with two attached hydrogens (primary N) is 1. The topological polar surface area (TPSA) is 109 Å². The summed E-state index contributed by atoms with van der Waals surface area (Å²) in [6.07, 6.45) is 3.35. The van der Waals surface area contributed by atoms with Gasteiger partial charge >= 0.3 is 5.97 Å². The Hall–Kier alpha value is -1.85. The van der Waals surface area contributed by atoms with Crippen LogP contribution in [0.5, 0.6) is 0 Å². The maximum Gasteiger partial charge on any atom is 0.326 e. The molecule has 1 unspecified atom stereocenters. The molecule has 0 saturated carbocycles. The molecule has 0 rings (SSSR count). The Morgan fingerprint density at radius 2 is 2.00 bits per heavy atom. The minimum atomic E-state index is -1.17. The van der Waals surface area contributed by atoms with E-state index in [1.54, 1.807) is 13.0 Å². The quantitative estimate of drug-likeness (QED) is 0.551. The summed E-state index contributed by atoms with van der Waals surface area (Å²) in [5.74, 6) is -2.19. The average molecular weight is 256 g/mol. The Bertz CT molecular complexity index is 350. The highest BCUT2D eigenvalue weighted by Crippen LogP contribution is 2.02. The summed E-state index contributed by atoms with van der Waals surface area (Å²) in [5, 5.41) is 11.3. The lowest BCUT2D eigenvalue weighted by molar-refractivity contribution is -0.141. The third kappa shape index (κ3) is 6.67. The molecular weight excluding hydrogens is 236 g/mol. The number of primary amides is 1. The molecule has 0 aromatic carbocycles. The summed E-state index contributed by atoms with van der Waals surface area (Å²) in [6, 6.07) is -1.09. The Balaban J connectivity index is 4.44. The van der Waals surface area contributed by atoms with Crippen molar-refractivity contribution in [3.8, 4) is 0 Å². The summed E-state index contributed by atoms with van der Waals surface area (Å²) in [4.78, 5) is 33.1. The van der Waals surface area contributed by atoms with Gasteiger partial charge in [-0.15, -0.1) is 0 Å². The van der Waals surface area contributed by atoms with Crippen molar-refractivity contribution in [2.45, 2.75) is 45.6 Å². The zero-order valence-electron chi connectivity index (χ0n) is 10.7. The fourth-order valence-electron chi connectivity index (χ4n) is 1.27. The lowest BCUT2D eigenvalue weighted by Crippen LogP contribution is -2.41. The van der Waals surface area contributed by atoms with Gasteiger partial charge < -0.3 is 16.2 Å². The number of rotatable bonds is 8. The highest BCUT2D eigenvalue weighted by molar-refractivity contribution is 5.95. The van der Waals surface area contributed by atoms with Crippen molar-refractivity contribution in [2.24, 2.45) is 5.73 Å². The van der Waals surface area contributed by atoms with E-state index in [4.69, 9.17) is 10.8 Å². The molecule has 0 aliphatic carbocycles. The Morgan fingerprint density at radius 3 is 2.44 bits per heavy atom. The third-order valence-corrected chi connectivity index (χ3v) is 2.38. The minimum absolute atomic E-state index is 0.00252. The lowest BCUT2D eigenvalue weighted by Gasteiger charge is -2.13. The van der Waals surface area contributed by atoms with Crippen LogP contribution in [0.2, 0.25) is 0 Å². The number of carboxylic acids is 1. The predicted octanol–water partition coefficient (Wildman–Crippen LogP) is 0.568. The maximum absolute atomic E-state index is 11.6. The number of hydrogen-bond donors (Lipinski definition) is 3. The number of carboxylic acid groups (broad SMARTS) is 1. The molecule has 1 atom stereocenters. The van der Waals surface area contributed by atoms with Crippen molar-refractivity contribution >= 4 is 17.8 Å². The molecule has 0 heterocycles. The Morgan fingerprint density at radius 1 is 1.39 bits per heavy atom. The van der Waals surface area contributed by atoms with Crippen molar-refractivity contribution in [2.75, 3.05) is 0 Å². The van der Waals surface area contributed by atoms with E-state index in [1.807, 2.05) is 6.92 Å². The van der Waals surface area contributed by atoms with E-state index in [9.17, 15) is 14.4 Å². The van der Waals surface area contributed by atoms with Crippen LogP contribution in [0.4, 0.5) is 0 Å². The van der Waals surface area contributed by atoms with Crippen LogP contribution in [-0.4, -0.2) is 28.9 Å². The molecule has 2 amide bonds. The minimum Gasteiger partial charge on any atom is -0.480 e. The van der Waals surface area contributed by atoms with Crippen molar-refractivity contribution in [1.29, 1.82) is 0 Å². The second-order valence-corrected chi connectivity index (χ2v) is 4.05. The van der Waals surface area contributed by atoms with Crippen molar-refractivity contribution < 1.29 is 19.5 Å². The fraction of sp³-hybridized carbons (Fsp3) is 0.583. The molecule has 18 heavy (non-hydrogen) atoms. The first-order valence-electron chi connectivity index (χ1n) is 5.87. The fourth-order valence-corrected chi connectivity index (χ4v) is 1.27. The predicted molar refractivity (Wildman–Crippen MR) is 66.7 cm³/mol. The summed E-state index contributed by atoms with van der Waals surface area (Å²) < 4.78 is 0. The van der Waals surface area contributed by atoms with Gasteiger partial charge in [0, 0.05) is 12.0 Å². The maximum atomic E-state index is 11.6. The molecular formula is C12H20N2O4. The smallest absolute Gasteiger partial charge is 0.326 e. The van der Waals surface area contributed by atoms with Crippen LogP contribution in [-0.2, 0) is 14.4 Å². The molecule has 4 N–H and O–H groups in total. The molecule has 0 aromatic rings. The molecule has 0 bridgehead atoms. The number of unbranched alkanes of at least 4 members (excludes halogenated alkanes) is 1. The lowest BCUT2D eigenvalue weighted by atomic mass is 10.1. The van der Waals surface area contributed by atoms with E-state index in [-0.39, 0.29) is 12.8 Å². The van der Waals surface area contributed by atoms with Crippen molar-refractivity contribution in [3.63, 3.8) is 0 Å². The summed E-state index contributed by atoms with van der Waals surface area (Å²) in [5.41, 5.74) is 5.42. The van der Waals surface area contributed by atoms with Crippen molar-refractivity contribution in [3.05, 3.63) is 11.6 Å². The van der Waals surface area contributed by atoms with Gasteiger partial charge in [-0.05, 0) is 19.8 Å². The number of hydrogen-bond acceptors (Lipinski definition) is 3. The van der Waals surface area contributed by atoms with Crippen LogP contribution >= 0.6 is 0 Å². The van der Waals surface area contributed by atoms with Gasteiger partial charge in [0.2, 0.25) is 11.8 Å². The highest BCUT2D eigenvalue weighted by atomic mass is 16.4. The molecule has 0 aromatic heterocycles. The largest absolute Gasteiger partial charge is 0.480 e. The first kappa shape index (κ1) is 16.1. The third-order valence-electron chi connectivity index (χ3n) is 2.38. The molecule has 0 fully saturated rings. The van der Waals surface area contributed by atoms with E-state index in [0.29, 0.717) is 5.57 Å². The molecule has 6 nitrogen and oxygen atoms in total. The molecule has 6 heteroatoms. The summed E-state index contributed by atoms with van der Waals surface area (Å²) in [7, 11) is 0. The van der Waals surface area contributed by atoms with Crippen LogP contribution in [0.3, 0.4) is 0 Å². The number of aliphatic carboxylic acids is 1. The van der Waals surface area contributed by atoms with Crippen LogP contribution in [0.15, 0.2) is 11.6 Å². The van der Waals surface area contributed by atoms with Gasteiger partial charge in [-0.2, -0.15) is 0 Å². The van der Waals surface area contributed by atoms with Crippen LogP contribution in [0, 0.1) is 0 Å². The van der Waals surface area contributed by atoms with E-state index < -0.39 is 23.8 Å². The average Bonchev–Trinajstić information content (AvgIpc) is 2.30. The first-order valence-corrected chi connectivity index (χ1v) is 5.87. The number of nitrogens with one attached hydrogen (secondary N) is 1. The first-order chi connectivity index (χ1) is 8.38. The van der Waals surface area contributed by atoms with Gasteiger partial charge in [-0.1, -0.05) is 19.4 Å². The monoisotopic (exact) mass is 256 g/mol. The summed E-state index contributed by atoms with van der Waals surface area (Å²) >= 11 is 0. The van der Waals surface area contributed by atoms with Gasteiger partial charge in [-0.25, -0.2) is 4.79 Å². The zero-order valence-corrected chi connectivity index (χ0v) is 10.7. The SMILES string of the molecule is CCC/C=C(\C)C(=O)NC(CCC(N)=O)C(=O)O. The molecule has 0 saturated heterocycles. The van der Waals surface area contributed by atoms with Gasteiger partial charge in [0.25, 0.3) is 0 Å². The number of carbonyl (C=O) groups is 3. The number of allylic oxidation sites excluding steroid dienone is 1. The zero-order chi connectivity index (χ0) is 14.1. The standard InChI is InChI=1S/C12H20N2O4/c1-3-4-5-8(2)11(16)14-9(12(17)18)6-7-10(13)15/h5,9H,3-4,6-7H2,1-2H3,(H2,13,15)(H,14,16)(H,17,18)/b8-5+. The van der Waals surface area contributed by atoms with Crippen LogP contribution in [0.25, 0.3) is 0 Å².